The molecule has 0 bridgehead atoms. The first kappa shape index (κ1) is 26.9. The van der Waals surface area contributed by atoms with E-state index in [4.69, 9.17) is 4.74 Å². The Hall–Kier alpha value is -4.16. The SMILES string of the molecule is Cc1nc(C)c(C(=O)NCc2ccnc(C(F)(F)F)n2)c(C2CCN(C(=O)Oc3ccccc3F)CC2)n1. The van der Waals surface area contributed by atoms with Crippen LogP contribution in [0.5, 0.6) is 5.75 Å². The number of likely N-dealkylation sites (tertiary alicyclic amines) is 1. The van der Waals surface area contributed by atoms with Gasteiger partial charge < -0.3 is 15.0 Å². The summed E-state index contributed by atoms with van der Waals surface area (Å²) in [7, 11) is 0. The van der Waals surface area contributed by atoms with Crippen molar-refractivity contribution in [3.05, 3.63) is 76.6 Å². The number of amides is 2. The van der Waals surface area contributed by atoms with Crippen LogP contribution in [0.3, 0.4) is 0 Å². The van der Waals surface area contributed by atoms with Gasteiger partial charge in [-0.1, -0.05) is 12.1 Å². The molecule has 1 aliphatic heterocycles. The highest BCUT2D eigenvalue weighted by Gasteiger charge is 2.35. The second-order valence-electron chi connectivity index (χ2n) is 8.73. The second-order valence-corrected chi connectivity index (χ2v) is 8.73. The minimum absolute atomic E-state index is 0.00502. The highest BCUT2D eigenvalue weighted by Crippen LogP contribution is 2.31. The van der Waals surface area contributed by atoms with E-state index in [-0.39, 0.29) is 29.5 Å². The van der Waals surface area contributed by atoms with Crippen LogP contribution in [0.25, 0.3) is 0 Å². The van der Waals surface area contributed by atoms with E-state index in [1.54, 1.807) is 19.9 Å². The molecular formula is C25H24F4N6O3. The molecule has 4 rings (SSSR count). The normalized spacial score (nSPS) is 14.3. The first-order valence-electron chi connectivity index (χ1n) is 11.8. The number of carbonyl (C=O) groups is 2. The first-order chi connectivity index (χ1) is 18.0. The number of halogens is 4. The number of benzene rings is 1. The van der Waals surface area contributed by atoms with Crippen LogP contribution in [0.4, 0.5) is 22.4 Å². The fraction of sp³-hybridized carbons (Fsp3) is 0.360. The molecule has 13 heteroatoms. The highest BCUT2D eigenvalue weighted by molar-refractivity contribution is 5.96. The van der Waals surface area contributed by atoms with Crippen molar-refractivity contribution in [3.63, 3.8) is 0 Å². The van der Waals surface area contributed by atoms with Crippen molar-refractivity contribution in [2.24, 2.45) is 0 Å². The summed E-state index contributed by atoms with van der Waals surface area (Å²) in [5.41, 5.74) is 1.14. The summed E-state index contributed by atoms with van der Waals surface area (Å²) >= 11 is 0. The summed E-state index contributed by atoms with van der Waals surface area (Å²) in [5.74, 6) is -2.38. The Morgan fingerprint density at radius 3 is 2.47 bits per heavy atom. The van der Waals surface area contributed by atoms with E-state index < -0.39 is 29.8 Å². The highest BCUT2D eigenvalue weighted by atomic mass is 19.4. The van der Waals surface area contributed by atoms with Crippen LogP contribution in [0.15, 0.2) is 36.5 Å². The molecule has 0 saturated carbocycles. The van der Waals surface area contributed by atoms with Gasteiger partial charge in [0.1, 0.15) is 5.82 Å². The van der Waals surface area contributed by atoms with Gasteiger partial charge in [0.15, 0.2) is 11.6 Å². The molecule has 0 unspecified atom stereocenters. The fourth-order valence-corrected chi connectivity index (χ4v) is 4.23. The van der Waals surface area contributed by atoms with Crippen molar-refractivity contribution >= 4 is 12.0 Å². The molecule has 9 nitrogen and oxygen atoms in total. The molecule has 1 saturated heterocycles. The van der Waals surface area contributed by atoms with Gasteiger partial charge in [0, 0.05) is 25.2 Å². The van der Waals surface area contributed by atoms with E-state index in [0.29, 0.717) is 43.1 Å². The smallest absolute Gasteiger partial charge is 0.407 e. The Kier molecular flexibility index (Phi) is 7.83. The number of ether oxygens (including phenoxy) is 1. The topological polar surface area (TPSA) is 110 Å². The zero-order chi connectivity index (χ0) is 27.4. The van der Waals surface area contributed by atoms with Gasteiger partial charge in [0.25, 0.3) is 5.91 Å². The van der Waals surface area contributed by atoms with Crippen molar-refractivity contribution in [3.8, 4) is 5.75 Å². The molecule has 200 valence electrons. The molecule has 1 aliphatic rings. The van der Waals surface area contributed by atoms with Gasteiger partial charge in [0.05, 0.1) is 29.2 Å². The van der Waals surface area contributed by atoms with Crippen LogP contribution in [0.2, 0.25) is 0 Å². The molecular weight excluding hydrogens is 508 g/mol. The summed E-state index contributed by atoms with van der Waals surface area (Å²) in [4.78, 5) is 42.6. The number of hydrogen-bond acceptors (Lipinski definition) is 7. The molecule has 1 fully saturated rings. The molecule has 38 heavy (non-hydrogen) atoms. The van der Waals surface area contributed by atoms with Gasteiger partial charge in [-0.05, 0) is 44.9 Å². The third-order valence-electron chi connectivity index (χ3n) is 6.03. The minimum Gasteiger partial charge on any atom is -0.407 e. The number of para-hydroxylation sites is 1. The largest absolute Gasteiger partial charge is 0.451 e. The molecule has 2 aromatic heterocycles. The average Bonchev–Trinajstić information content (AvgIpc) is 2.88. The van der Waals surface area contributed by atoms with Gasteiger partial charge in [-0.3, -0.25) is 4.79 Å². The van der Waals surface area contributed by atoms with Gasteiger partial charge in [-0.25, -0.2) is 29.1 Å². The van der Waals surface area contributed by atoms with E-state index in [9.17, 15) is 27.2 Å². The molecule has 3 heterocycles. The lowest BCUT2D eigenvalue weighted by Gasteiger charge is -2.31. The number of nitrogens with zero attached hydrogens (tertiary/aromatic N) is 5. The lowest BCUT2D eigenvalue weighted by molar-refractivity contribution is -0.145. The van der Waals surface area contributed by atoms with E-state index in [2.05, 4.69) is 25.3 Å². The first-order valence-corrected chi connectivity index (χ1v) is 11.8. The van der Waals surface area contributed by atoms with Gasteiger partial charge in [-0.15, -0.1) is 0 Å². The van der Waals surface area contributed by atoms with Crippen LogP contribution in [0, 0.1) is 19.7 Å². The van der Waals surface area contributed by atoms with E-state index in [1.807, 2.05) is 0 Å². The van der Waals surface area contributed by atoms with Crippen molar-refractivity contribution < 1.29 is 31.9 Å². The van der Waals surface area contributed by atoms with Crippen molar-refractivity contribution in [2.75, 3.05) is 13.1 Å². The standard InChI is InChI=1S/C25H24F4N6O3/c1-14-20(22(36)31-13-17-7-10-30-23(34-17)25(27,28)29)21(33-15(2)32-14)16-8-11-35(12-9-16)24(37)38-19-6-4-3-5-18(19)26/h3-7,10,16H,8-9,11-13H2,1-2H3,(H,31,36). The Labute approximate surface area is 215 Å². The Balaban J connectivity index is 1.45. The maximum atomic E-state index is 13.8. The summed E-state index contributed by atoms with van der Waals surface area (Å²) in [5, 5.41) is 2.60. The number of rotatable bonds is 5. The molecule has 0 atom stereocenters. The summed E-state index contributed by atoms with van der Waals surface area (Å²) < 4.78 is 57.7. The Bertz CT molecular complexity index is 1340. The number of alkyl halides is 3. The third-order valence-corrected chi connectivity index (χ3v) is 6.03. The quantitative estimate of drug-likeness (QED) is 0.487. The zero-order valence-electron chi connectivity index (χ0n) is 20.5. The van der Waals surface area contributed by atoms with E-state index in [1.165, 1.54) is 29.2 Å². The van der Waals surface area contributed by atoms with Crippen molar-refractivity contribution in [1.29, 1.82) is 0 Å². The fourth-order valence-electron chi connectivity index (χ4n) is 4.23. The van der Waals surface area contributed by atoms with Crippen LogP contribution in [0.1, 0.15) is 57.8 Å². The van der Waals surface area contributed by atoms with E-state index in [0.717, 1.165) is 6.20 Å². The molecule has 0 radical (unpaired) electrons. The number of aryl methyl sites for hydroxylation is 2. The third kappa shape index (κ3) is 6.21. The summed E-state index contributed by atoms with van der Waals surface area (Å²) in [6.07, 6.45) is -3.48. The summed E-state index contributed by atoms with van der Waals surface area (Å²) in [6, 6.07) is 6.89. The van der Waals surface area contributed by atoms with Gasteiger partial charge in [-0.2, -0.15) is 13.2 Å². The number of aromatic nitrogens is 4. The predicted molar refractivity (Wildman–Crippen MR) is 126 cm³/mol. The lowest BCUT2D eigenvalue weighted by atomic mass is 9.89. The number of nitrogens with one attached hydrogen (secondary N) is 1. The molecule has 2 amide bonds. The molecule has 3 aromatic rings. The average molecular weight is 532 g/mol. The second kappa shape index (κ2) is 11.1. The number of hydrogen-bond donors (Lipinski definition) is 1. The Morgan fingerprint density at radius 1 is 1.08 bits per heavy atom. The van der Waals surface area contributed by atoms with Crippen LogP contribution in [-0.2, 0) is 12.7 Å². The van der Waals surface area contributed by atoms with Crippen LogP contribution in [-0.4, -0.2) is 49.9 Å². The molecule has 1 aromatic carbocycles. The van der Waals surface area contributed by atoms with Crippen LogP contribution < -0.4 is 10.1 Å². The number of piperidine rings is 1. The number of carbonyl (C=O) groups excluding carboxylic acids is 2. The maximum Gasteiger partial charge on any atom is 0.451 e. The zero-order valence-corrected chi connectivity index (χ0v) is 20.5. The van der Waals surface area contributed by atoms with Gasteiger partial charge in [0.2, 0.25) is 5.82 Å². The molecule has 0 spiro atoms. The van der Waals surface area contributed by atoms with Crippen LogP contribution >= 0.6 is 0 Å². The Morgan fingerprint density at radius 2 is 1.79 bits per heavy atom. The predicted octanol–water partition coefficient (Wildman–Crippen LogP) is 4.35. The monoisotopic (exact) mass is 532 g/mol. The molecule has 1 N–H and O–H groups in total. The van der Waals surface area contributed by atoms with Gasteiger partial charge >= 0.3 is 12.3 Å². The summed E-state index contributed by atoms with van der Waals surface area (Å²) in [6.45, 7) is 3.68. The van der Waals surface area contributed by atoms with Crippen molar-refractivity contribution in [1.82, 2.24) is 30.2 Å². The lowest BCUT2D eigenvalue weighted by Crippen LogP contribution is -2.40. The maximum absolute atomic E-state index is 13.8. The van der Waals surface area contributed by atoms with Crippen molar-refractivity contribution in [2.45, 2.75) is 45.3 Å². The molecule has 0 aliphatic carbocycles. The minimum atomic E-state index is -4.70. The van der Waals surface area contributed by atoms with E-state index >= 15 is 0 Å².